The van der Waals surface area contributed by atoms with Gasteiger partial charge in [0.25, 0.3) is 5.91 Å². The summed E-state index contributed by atoms with van der Waals surface area (Å²) < 4.78 is 11.4. The molecule has 0 bridgehead atoms. The van der Waals surface area contributed by atoms with E-state index in [0.717, 1.165) is 21.9 Å². The molecule has 1 amide bonds. The summed E-state index contributed by atoms with van der Waals surface area (Å²) in [6.45, 7) is 1.89. The molecule has 4 aromatic rings. The number of fused-ring (bicyclic) bond motifs is 3. The number of aryl methyl sites for hydroxylation is 1. The minimum atomic E-state index is -0.263. The molecule has 0 spiro atoms. The summed E-state index contributed by atoms with van der Waals surface area (Å²) in [7, 11) is 1.57. The van der Waals surface area contributed by atoms with Crippen LogP contribution in [0.3, 0.4) is 0 Å². The van der Waals surface area contributed by atoms with Gasteiger partial charge >= 0.3 is 0 Å². The fourth-order valence-corrected chi connectivity index (χ4v) is 3.13. The fourth-order valence-electron chi connectivity index (χ4n) is 2.95. The van der Waals surface area contributed by atoms with E-state index in [0.29, 0.717) is 27.6 Å². The minimum absolute atomic E-state index is 0.263. The molecule has 4 rings (SSSR count). The molecule has 0 saturated carbocycles. The third-order valence-corrected chi connectivity index (χ3v) is 4.79. The van der Waals surface area contributed by atoms with Crippen LogP contribution in [0.1, 0.15) is 15.9 Å². The molecule has 0 aliphatic carbocycles. The first-order valence-electron chi connectivity index (χ1n) is 8.13. The first kappa shape index (κ1) is 16.5. The molecule has 0 radical (unpaired) electrons. The normalized spacial score (nSPS) is 11.0. The molecule has 0 atom stereocenters. The number of halogens is 1. The largest absolute Gasteiger partial charge is 0.495 e. The summed E-state index contributed by atoms with van der Waals surface area (Å²) in [5, 5.41) is 5.37. The first-order valence-corrected chi connectivity index (χ1v) is 8.51. The van der Waals surface area contributed by atoms with Gasteiger partial charge in [0, 0.05) is 27.4 Å². The van der Waals surface area contributed by atoms with Crippen LogP contribution in [0.25, 0.3) is 21.9 Å². The Kier molecular flexibility index (Phi) is 4.05. The van der Waals surface area contributed by atoms with E-state index in [1.165, 1.54) is 0 Å². The number of nitrogens with one attached hydrogen (secondary N) is 1. The Morgan fingerprint density at radius 1 is 1.04 bits per heavy atom. The Morgan fingerprint density at radius 3 is 2.62 bits per heavy atom. The quantitative estimate of drug-likeness (QED) is 0.498. The van der Waals surface area contributed by atoms with Gasteiger partial charge in [-0.15, -0.1) is 0 Å². The van der Waals surface area contributed by atoms with Crippen molar-refractivity contribution in [1.82, 2.24) is 0 Å². The maximum atomic E-state index is 12.6. The number of para-hydroxylation sites is 1. The second-order valence-electron chi connectivity index (χ2n) is 6.06. The number of methoxy groups -OCH3 is 1. The highest BCUT2D eigenvalue weighted by molar-refractivity contribution is 6.31. The van der Waals surface area contributed by atoms with Crippen molar-refractivity contribution < 1.29 is 13.9 Å². The smallest absolute Gasteiger partial charge is 0.255 e. The molecule has 0 aliphatic heterocycles. The molecule has 1 heterocycles. The van der Waals surface area contributed by atoms with Gasteiger partial charge in [-0.05, 0) is 36.8 Å². The van der Waals surface area contributed by atoms with Crippen LogP contribution in [0.5, 0.6) is 5.75 Å². The second kappa shape index (κ2) is 6.39. The zero-order valence-electron chi connectivity index (χ0n) is 14.3. The lowest BCUT2D eigenvalue weighted by Gasteiger charge is -2.11. The lowest BCUT2D eigenvalue weighted by molar-refractivity contribution is 0.102. The Labute approximate surface area is 155 Å². The number of ether oxygens (including phenoxy) is 1. The number of carbonyl (C=O) groups excluding carboxylic acids is 1. The third-order valence-electron chi connectivity index (χ3n) is 4.38. The fraction of sp³-hybridized carbons (Fsp3) is 0.0952. The Bertz CT molecular complexity index is 1150. The SMILES string of the molecule is COc1cc2c(cc1NC(=O)c1ccc(C)c(Cl)c1)oc1ccccc12. The highest BCUT2D eigenvalue weighted by Crippen LogP contribution is 2.36. The van der Waals surface area contributed by atoms with E-state index in [9.17, 15) is 4.79 Å². The lowest BCUT2D eigenvalue weighted by Crippen LogP contribution is -2.12. The van der Waals surface area contributed by atoms with Gasteiger partial charge in [0.05, 0.1) is 12.8 Å². The molecule has 3 aromatic carbocycles. The molecular formula is C21H16ClNO3. The van der Waals surface area contributed by atoms with Crippen molar-refractivity contribution in [2.24, 2.45) is 0 Å². The number of hydrogen-bond donors (Lipinski definition) is 1. The number of benzene rings is 3. The van der Waals surface area contributed by atoms with Crippen molar-refractivity contribution in [3.8, 4) is 5.75 Å². The van der Waals surface area contributed by atoms with Crippen molar-refractivity contribution in [1.29, 1.82) is 0 Å². The van der Waals surface area contributed by atoms with Crippen LogP contribution < -0.4 is 10.1 Å². The van der Waals surface area contributed by atoms with Gasteiger partial charge < -0.3 is 14.5 Å². The summed E-state index contributed by atoms with van der Waals surface area (Å²) in [6.07, 6.45) is 0. The maximum absolute atomic E-state index is 12.6. The maximum Gasteiger partial charge on any atom is 0.255 e. The van der Waals surface area contributed by atoms with Gasteiger partial charge in [0.1, 0.15) is 16.9 Å². The zero-order chi connectivity index (χ0) is 18.3. The van der Waals surface area contributed by atoms with E-state index in [1.54, 1.807) is 25.3 Å². The van der Waals surface area contributed by atoms with Crippen LogP contribution in [0.15, 0.2) is 59.0 Å². The van der Waals surface area contributed by atoms with Gasteiger partial charge in [0.2, 0.25) is 0 Å². The average Bonchev–Trinajstić information content (AvgIpc) is 3.00. The van der Waals surface area contributed by atoms with Crippen molar-refractivity contribution in [2.75, 3.05) is 12.4 Å². The van der Waals surface area contributed by atoms with Crippen LogP contribution in [0.2, 0.25) is 5.02 Å². The Hall–Kier alpha value is -2.98. The second-order valence-corrected chi connectivity index (χ2v) is 6.47. The minimum Gasteiger partial charge on any atom is -0.495 e. The number of rotatable bonds is 3. The summed E-state index contributed by atoms with van der Waals surface area (Å²) in [4.78, 5) is 12.6. The number of amides is 1. The molecule has 1 aromatic heterocycles. The predicted molar refractivity (Wildman–Crippen MR) is 104 cm³/mol. The standard InChI is InChI=1S/C21H16ClNO3/c1-12-7-8-13(9-16(12)22)21(24)23-17-11-19-15(10-20(17)25-2)14-5-3-4-6-18(14)26-19/h3-11H,1-2H3,(H,23,24). The highest BCUT2D eigenvalue weighted by atomic mass is 35.5. The molecule has 26 heavy (non-hydrogen) atoms. The monoisotopic (exact) mass is 365 g/mol. The van der Waals surface area contributed by atoms with E-state index in [4.69, 9.17) is 20.8 Å². The van der Waals surface area contributed by atoms with E-state index in [1.807, 2.05) is 43.3 Å². The number of carbonyl (C=O) groups is 1. The lowest BCUT2D eigenvalue weighted by atomic mass is 10.1. The first-order chi connectivity index (χ1) is 12.6. The Balaban J connectivity index is 1.76. The van der Waals surface area contributed by atoms with Gasteiger partial charge in [0.15, 0.2) is 0 Å². The third kappa shape index (κ3) is 2.78. The van der Waals surface area contributed by atoms with E-state index >= 15 is 0 Å². The molecule has 4 nitrogen and oxygen atoms in total. The number of anilines is 1. The average molecular weight is 366 g/mol. The molecule has 5 heteroatoms. The summed E-state index contributed by atoms with van der Waals surface area (Å²) in [5.41, 5.74) is 3.42. The van der Waals surface area contributed by atoms with Gasteiger partial charge in [-0.3, -0.25) is 4.79 Å². The van der Waals surface area contributed by atoms with Crippen molar-refractivity contribution >= 4 is 45.1 Å². The van der Waals surface area contributed by atoms with Gasteiger partial charge in [-0.25, -0.2) is 0 Å². The number of hydrogen-bond acceptors (Lipinski definition) is 3. The van der Waals surface area contributed by atoms with Gasteiger partial charge in [-0.2, -0.15) is 0 Å². The molecule has 130 valence electrons. The van der Waals surface area contributed by atoms with Crippen molar-refractivity contribution in [3.05, 3.63) is 70.7 Å². The van der Waals surface area contributed by atoms with E-state index < -0.39 is 0 Å². The summed E-state index contributed by atoms with van der Waals surface area (Å²) >= 11 is 6.12. The highest BCUT2D eigenvalue weighted by Gasteiger charge is 2.15. The van der Waals surface area contributed by atoms with Gasteiger partial charge in [-0.1, -0.05) is 35.9 Å². The molecule has 0 fully saturated rings. The summed E-state index contributed by atoms with van der Waals surface area (Å²) in [6, 6.07) is 16.6. The Morgan fingerprint density at radius 2 is 1.85 bits per heavy atom. The topological polar surface area (TPSA) is 51.5 Å². The van der Waals surface area contributed by atoms with Crippen LogP contribution >= 0.6 is 11.6 Å². The number of furan rings is 1. The zero-order valence-corrected chi connectivity index (χ0v) is 15.1. The predicted octanol–water partition coefficient (Wildman–Crippen LogP) is 5.81. The summed E-state index contributed by atoms with van der Waals surface area (Å²) in [5.74, 6) is 0.302. The van der Waals surface area contributed by atoms with Crippen LogP contribution in [-0.2, 0) is 0 Å². The van der Waals surface area contributed by atoms with Crippen molar-refractivity contribution in [2.45, 2.75) is 6.92 Å². The van der Waals surface area contributed by atoms with Crippen LogP contribution in [0.4, 0.5) is 5.69 Å². The molecule has 0 aliphatic rings. The molecule has 0 unspecified atom stereocenters. The van der Waals surface area contributed by atoms with Crippen LogP contribution in [0, 0.1) is 6.92 Å². The van der Waals surface area contributed by atoms with Crippen LogP contribution in [-0.4, -0.2) is 13.0 Å². The van der Waals surface area contributed by atoms with Crippen molar-refractivity contribution in [3.63, 3.8) is 0 Å². The van der Waals surface area contributed by atoms with E-state index in [2.05, 4.69) is 5.32 Å². The molecular weight excluding hydrogens is 350 g/mol. The molecule has 0 saturated heterocycles. The molecule has 1 N–H and O–H groups in total. The van der Waals surface area contributed by atoms with E-state index in [-0.39, 0.29) is 5.91 Å².